The Kier molecular flexibility index (Phi) is 5.64. The van der Waals surface area contributed by atoms with Crippen LogP contribution < -0.4 is 19.5 Å². The summed E-state index contributed by atoms with van der Waals surface area (Å²) in [4.78, 5) is 12.5. The van der Waals surface area contributed by atoms with E-state index in [2.05, 4.69) is 33.5 Å². The van der Waals surface area contributed by atoms with Gasteiger partial charge in [-0.3, -0.25) is 4.98 Å². The second-order valence-electron chi connectivity index (χ2n) is 7.86. The van der Waals surface area contributed by atoms with Crippen molar-refractivity contribution >= 4 is 10.9 Å². The van der Waals surface area contributed by atoms with Crippen LogP contribution in [-0.4, -0.2) is 48.4 Å². The van der Waals surface area contributed by atoms with E-state index < -0.39 is 0 Å². The number of hydrogen-bond acceptors (Lipinski definition) is 6. The van der Waals surface area contributed by atoms with Crippen LogP contribution in [0.2, 0.25) is 0 Å². The van der Waals surface area contributed by atoms with Crippen LogP contribution in [0, 0.1) is 0 Å². The molecule has 1 unspecified atom stereocenters. The summed E-state index contributed by atoms with van der Waals surface area (Å²) in [6.07, 6.45) is 7.70. The highest BCUT2D eigenvalue weighted by Gasteiger charge is 2.16. The van der Waals surface area contributed by atoms with E-state index in [4.69, 9.17) is 19.2 Å². The van der Waals surface area contributed by atoms with E-state index in [0.717, 1.165) is 59.2 Å². The number of nitrogens with zero attached hydrogens (tertiary/aromatic N) is 2. The topological polar surface area (TPSA) is 81.3 Å². The summed E-state index contributed by atoms with van der Waals surface area (Å²) in [5.41, 5.74) is 4.93. The number of aromatic amines is 1. The van der Waals surface area contributed by atoms with Crippen LogP contribution in [0.4, 0.5) is 0 Å². The third kappa shape index (κ3) is 3.99. The Hall–Kier alpha value is -3.58. The van der Waals surface area contributed by atoms with Gasteiger partial charge < -0.3 is 24.5 Å². The summed E-state index contributed by atoms with van der Waals surface area (Å²) >= 11 is 0. The highest BCUT2D eigenvalue weighted by Crippen LogP contribution is 2.35. The number of H-pyrrole nitrogens is 1. The average molecular weight is 431 g/mol. The summed E-state index contributed by atoms with van der Waals surface area (Å²) < 4.78 is 16.9. The Labute approximate surface area is 186 Å². The van der Waals surface area contributed by atoms with Crippen LogP contribution in [0.25, 0.3) is 33.3 Å². The molecular formula is C25H26N4O3. The first kappa shape index (κ1) is 20.3. The zero-order valence-corrected chi connectivity index (χ0v) is 18.2. The highest BCUT2D eigenvalue weighted by molar-refractivity contribution is 5.97. The fourth-order valence-corrected chi connectivity index (χ4v) is 4.15. The molecule has 0 bridgehead atoms. The van der Waals surface area contributed by atoms with Crippen LogP contribution in [-0.2, 0) is 0 Å². The molecule has 1 aliphatic rings. The van der Waals surface area contributed by atoms with Crippen LogP contribution in [0.3, 0.4) is 0 Å². The van der Waals surface area contributed by atoms with E-state index in [1.807, 2.05) is 24.4 Å². The minimum absolute atomic E-state index is 0.132. The standard InChI is InChI=1S/C25H26N4O3/c1-30-23-8-6-17(11-24(23)31-2)16-5-7-21-19(10-16)20(13-28-21)22-14-27-15-25(29-22)32-18-4-3-9-26-12-18/h5-8,10-11,13-15,18,26,28H,3-4,9,12H2,1-2H3. The number of aromatic nitrogens is 3. The molecule has 32 heavy (non-hydrogen) atoms. The van der Waals surface area contributed by atoms with Gasteiger partial charge in [-0.25, -0.2) is 4.98 Å². The van der Waals surface area contributed by atoms with Gasteiger partial charge in [-0.2, -0.15) is 0 Å². The number of fused-ring (bicyclic) bond motifs is 1. The van der Waals surface area contributed by atoms with Gasteiger partial charge in [-0.15, -0.1) is 0 Å². The van der Waals surface area contributed by atoms with Crippen molar-refractivity contribution in [1.29, 1.82) is 0 Å². The quantitative estimate of drug-likeness (QED) is 0.471. The van der Waals surface area contributed by atoms with E-state index in [1.54, 1.807) is 26.6 Å². The smallest absolute Gasteiger partial charge is 0.233 e. The second-order valence-corrected chi connectivity index (χ2v) is 7.86. The molecule has 7 heteroatoms. The molecular weight excluding hydrogens is 404 g/mol. The summed E-state index contributed by atoms with van der Waals surface area (Å²) in [6, 6.07) is 12.3. The second kappa shape index (κ2) is 8.88. The lowest BCUT2D eigenvalue weighted by atomic mass is 10.0. The molecule has 1 atom stereocenters. The molecule has 0 amide bonds. The summed E-state index contributed by atoms with van der Waals surface area (Å²) in [5, 5.41) is 4.44. The van der Waals surface area contributed by atoms with Gasteiger partial charge in [0.25, 0.3) is 0 Å². The Bertz CT molecular complexity index is 1230. The van der Waals surface area contributed by atoms with Gasteiger partial charge in [0, 0.05) is 29.2 Å². The summed E-state index contributed by atoms with van der Waals surface area (Å²) in [7, 11) is 3.28. The number of benzene rings is 2. The van der Waals surface area contributed by atoms with Crippen molar-refractivity contribution in [2.75, 3.05) is 27.3 Å². The van der Waals surface area contributed by atoms with E-state index in [9.17, 15) is 0 Å². The fraction of sp³-hybridized carbons (Fsp3) is 0.280. The largest absolute Gasteiger partial charge is 0.493 e. The number of nitrogens with one attached hydrogen (secondary N) is 2. The molecule has 0 saturated carbocycles. The molecule has 0 aliphatic carbocycles. The van der Waals surface area contributed by atoms with E-state index in [1.165, 1.54) is 0 Å². The van der Waals surface area contributed by atoms with E-state index >= 15 is 0 Å². The minimum Gasteiger partial charge on any atom is -0.493 e. The van der Waals surface area contributed by atoms with Gasteiger partial charge in [0.15, 0.2) is 11.5 Å². The molecule has 2 N–H and O–H groups in total. The molecule has 1 aliphatic heterocycles. The van der Waals surface area contributed by atoms with Crippen molar-refractivity contribution in [2.45, 2.75) is 18.9 Å². The Morgan fingerprint density at radius 3 is 2.62 bits per heavy atom. The van der Waals surface area contributed by atoms with Crippen LogP contribution in [0.1, 0.15) is 12.8 Å². The molecule has 0 radical (unpaired) electrons. The first-order valence-electron chi connectivity index (χ1n) is 10.8. The van der Waals surface area contributed by atoms with Crippen LogP contribution in [0.15, 0.2) is 55.0 Å². The first-order chi connectivity index (χ1) is 15.7. The predicted octanol–water partition coefficient (Wildman–Crippen LogP) is 4.44. The van der Waals surface area contributed by atoms with Gasteiger partial charge in [0.1, 0.15) is 6.10 Å². The normalized spacial score (nSPS) is 16.1. The average Bonchev–Trinajstić information content (AvgIpc) is 3.28. The zero-order valence-electron chi connectivity index (χ0n) is 18.2. The summed E-state index contributed by atoms with van der Waals surface area (Å²) in [6.45, 7) is 1.89. The van der Waals surface area contributed by atoms with Gasteiger partial charge in [-0.05, 0) is 54.8 Å². The van der Waals surface area contributed by atoms with E-state index in [0.29, 0.717) is 17.4 Å². The van der Waals surface area contributed by atoms with Crippen molar-refractivity contribution in [3.8, 4) is 39.8 Å². The van der Waals surface area contributed by atoms with Gasteiger partial charge in [0.2, 0.25) is 5.88 Å². The number of hydrogen-bond donors (Lipinski definition) is 2. The molecule has 4 aromatic rings. The number of methoxy groups -OCH3 is 2. The Balaban J connectivity index is 1.49. The van der Waals surface area contributed by atoms with Crippen molar-refractivity contribution in [1.82, 2.24) is 20.3 Å². The zero-order chi connectivity index (χ0) is 21.9. The lowest BCUT2D eigenvalue weighted by Gasteiger charge is -2.23. The van der Waals surface area contributed by atoms with Gasteiger partial charge in [-0.1, -0.05) is 12.1 Å². The third-order valence-electron chi connectivity index (χ3n) is 5.83. The van der Waals surface area contributed by atoms with Crippen LogP contribution in [0.5, 0.6) is 17.4 Å². The lowest BCUT2D eigenvalue weighted by Crippen LogP contribution is -2.37. The predicted molar refractivity (Wildman–Crippen MR) is 124 cm³/mol. The molecule has 1 saturated heterocycles. The molecule has 2 aromatic carbocycles. The highest BCUT2D eigenvalue weighted by atomic mass is 16.5. The molecule has 2 aromatic heterocycles. The van der Waals surface area contributed by atoms with Gasteiger partial charge >= 0.3 is 0 Å². The SMILES string of the molecule is COc1ccc(-c2ccc3[nH]cc(-c4cncc(OC5CCCNC5)n4)c3c2)cc1OC. The maximum absolute atomic E-state index is 6.07. The summed E-state index contributed by atoms with van der Waals surface area (Å²) in [5.74, 6) is 1.97. The molecule has 5 rings (SSSR count). The monoisotopic (exact) mass is 430 g/mol. The molecule has 7 nitrogen and oxygen atoms in total. The van der Waals surface area contributed by atoms with E-state index in [-0.39, 0.29) is 6.10 Å². The van der Waals surface area contributed by atoms with Crippen molar-refractivity contribution in [3.05, 3.63) is 55.0 Å². The van der Waals surface area contributed by atoms with Gasteiger partial charge in [0.05, 0.1) is 32.3 Å². The third-order valence-corrected chi connectivity index (χ3v) is 5.83. The van der Waals surface area contributed by atoms with Crippen molar-refractivity contribution in [2.24, 2.45) is 0 Å². The number of piperidine rings is 1. The molecule has 0 spiro atoms. The Morgan fingerprint density at radius 2 is 1.81 bits per heavy atom. The maximum Gasteiger partial charge on any atom is 0.233 e. The number of ether oxygens (including phenoxy) is 3. The number of rotatable bonds is 6. The first-order valence-corrected chi connectivity index (χ1v) is 10.8. The minimum atomic E-state index is 0.132. The molecule has 3 heterocycles. The maximum atomic E-state index is 6.07. The van der Waals surface area contributed by atoms with Crippen LogP contribution >= 0.6 is 0 Å². The fourth-order valence-electron chi connectivity index (χ4n) is 4.15. The lowest BCUT2D eigenvalue weighted by molar-refractivity contribution is 0.160. The van der Waals surface area contributed by atoms with Crippen molar-refractivity contribution < 1.29 is 14.2 Å². The van der Waals surface area contributed by atoms with Crippen molar-refractivity contribution in [3.63, 3.8) is 0 Å². The Morgan fingerprint density at radius 1 is 0.969 bits per heavy atom. The molecule has 1 fully saturated rings. The molecule has 164 valence electrons.